The Labute approximate surface area is 176 Å². The first-order valence-electron chi connectivity index (χ1n) is 10.6. The zero-order valence-electron chi connectivity index (χ0n) is 17.6. The fraction of sp³-hybridized carbons (Fsp3) is 0.565. The lowest BCUT2D eigenvalue weighted by atomic mass is 9.80. The molecule has 1 aromatic carbocycles. The van der Waals surface area contributed by atoms with Crippen LogP contribution in [0.15, 0.2) is 29.3 Å². The molecule has 0 N–H and O–H groups in total. The third-order valence-electron chi connectivity index (χ3n) is 6.64. The number of aliphatic imine (C=N–C) groups is 1. The Kier molecular flexibility index (Phi) is 5.79. The highest BCUT2D eigenvalue weighted by atomic mass is 19.1. The molecule has 2 saturated heterocycles. The first-order chi connectivity index (χ1) is 14.5. The van der Waals surface area contributed by atoms with Crippen LogP contribution >= 0.6 is 0 Å². The highest BCUT2D eigenvalue weighted by Crippen LogP contribution is 2.43. The number of anilines is 1. The fourth-order valence-electron chi connectivity index (χ4n) is 5.11. The van der Waals surface area contributed by atoms with E-state index >= 15 is 0 Å². The Balaban J connectivity index is 1.71. The van der Waals surface area contributed by atoms with E-state index in [1.165, 1.54) is 12.1 Å². The number of likely N-dealkylation sites (tertiary alicyclic amines) is 2. The topological polar surface area (TPSA) is 39.1 Å². The molecule has 7 heteroatoms. The molecule has 0 aromatic heterocycles. The smallest absolute Gasteiger partial charge is 0.350 e. The standard InChI is InChI=1S/C23H28F2N4O/c1-3-4-10-27-12-9-23(14-17(27)2)21(28-11-8-18(15-24)16-28)26-22(30)29(23)20-7-5-6-19(25)13-20/h5-7,13,17-18H,8-12,14-16H2,1-2H3. The van der Waals surface area contributed by atoms with E-state index in [4.69, 9.17) is 0 Å². The summed E-state index contributed by atoms with van der Waals surface area (Å²) in [6.07, 6.45) is 2.12. The number of amidine groups is 1. The van der Waals surface area contributed by atoms with Gasteiger partial charge in [-0.1, -0.05) is 12.0 Å². The van der Waals surface area contributed by atoms with Gasteiger partial charge in [-0.15, -0.1) is 5.92 Å². The summed E-state index contributed by atoms with van der Waals surface area (Å²) in [7, 11) is 0. The highest BCUT2D eigenvalue weighted by Gasteiger charge is 2.55. The molecular formula is C23H28F2N4O. The summed E-state index contributed by atoms with van der Waals surface area (Å²) in [6, 6.07) is 5.95. The summed E-state index contributed by atoms with van der Waals surface area (Å²) < 4.78 is 27.3. The Morgan fingerprint density at radius 3 is 2.83 bits per heavy atom. The molecule has 0 saturated carbocycles. The molecule has 0 radical (unpaired) electrons. The van der Waals surface area contributed by atoms with Gasteiger partial charge in [0.2, 0.25) is 0 Å². The number of hydrogen-bond donors (Lipinski definition) is 0. The van der Waals surface area contributed by atoms with Crippen LogP contribution in [0.1, 0.15) is 33.1 Å². The van der Waals surface area contributed by atoms with Crippen molar-refractivity contribution in [2.24, 2.45) is 10.9 Å². The van der Waals surface area contributed by atoms with Crippen molar-refractivity contribution in [2.45, 2.75) is 44.7 Å². The molecule has 4 rings (SSSR count). The lowest BCUT2D eigenvalue weighted by Crippen LogP contribution is -2.63. The maximum absolute atomic E-state index is 14.0. The van der Waals surface area contributed by atoms with E-state index in [1.54, 1.807) is 17.0 Å². The van der Waals surface area contributed by atoms with Gasteiger partial charge in [-0.25, -0.2) is 9.18 Å². The largest absolute Gasteiger partial charge is 0.358 e. The minimum atomic E-state index is -0.647. The molecule has 1 spiro atoms. The Hall–Kier alpha value is -2.46. The number of amides is 2. The van der Waals surface area contributed by atoms with Gasteiger partial charge < -0.3 is 4.90 Å². The Morgan fingerprint density at radius 2 is 2.17 bits per heavy atom. The summed E-state index contributed by atoms with van der Waals surface area (Å²) >= 11 is 0. The average Bonchev–Trinajstić information content (AvgIpc) is 3.30. The molecule has 30 heavy (non-hydrogen) atoms. The van der Waals surface area contributed by atoms with E-state index in [0.29, 0.717) is 38.2 Å². The van der Waals surface area contributed by atoms with Gasteiger partial charge in [-0.05, 0) is 51.3 Å². The predicted molar refractivity (Wildman–Crippen MR) is 114 cm³/mol. The van der Waals surface area contributed by atoms with E-state index in [0.717, 1.165) is 18.8 Å². The van der Waals surface area contributed by atoms with Crippen molar-refractivity contribution in [3.8, 4) is 11.8 Å². The van der Waals surface area contributed by atoms with Gasteiger partial charge in [0, 0.05) is 37.3 Å². The molecule has 3 heterocycles. The van der Waals surface area contributed by atoms with Crippen molar-refractivity contribution < 1.29 is 13.6 Å². The summed E-state index contributed by atoms with van der Waals surface area (Å²) in [5.74, 6) is 6.39. The second-order valence-electron chi connectivity index (χ2n) is 8.52. The lowest BCUT2D eigenvalue weighted by molar-refractivity contribution is 0.142. The zero-order valence-corrected chi connectivity index (χ0v) is 17.6. The fourth-order valence-corrected chi connectivity index (χ4v) is 5.11. The van der Waals surface area contributed by atoms with Crippen molar-refractivity contribution in [3.05, 3.63) is 30.1 Å². The summed E-state index contributed by atoms with van der Waals surface area (Å²) in [4.78, 5) is 23.6. The molecular weight excluding hydrogens is 386 g/mol. The van der Waals surface area contributed by atoms with E-state index < -0.39 is 5.54 Å². The van der Waals surface area contributed by atoms with Gasteiger partial charge in [0.1, 0.15) is 17.2 Å². The predicted octanol–water partition coefficient (Wildman–Crippen LogP) is 3.70. The zero-order chi connectivity index (χ0) is 21.3. The number of hydrogen-bond acceptors (Lipinski definition) is 3. The summed E-state index contributed by atoms with van der Waals surface area (Å²) in [5.41, 5.74) is -0.125. The van der Waals surface area contributed by atoms with Crippen LogP contribution in [0.4, 0.5) is 19.3 Å². The molecule has 5 nitrogen and oxygen atoms in total. The third-order valence-corrected chi connectivity index (χ3v) is 6.64. The number of piperidine rings is 1. The SMILES string of the molecule is CC#CCN1CCC2(CC1C)C(N1CCC(CF)C1)=NC(=O)N2c1cccc(F)c1. The van der Waals surface area contributed by atoms with Gasteiger partial charge in [-0.2, -0.15) is 4.99 Å². The molecule has 160 valence electrons. The average molecular weight is 415 g/mol. The molecule has 3 aliphatic heterocycles. The quantitative estimate of drug-likeness (QED) is 0.708. The minimum Gasteiger partial charge on any atom is -0.358 e. The normalized spacial score (nSPS) is 29.3. The third kappa shape index (κ3) is 3.58. The minimum absolute atomic E-state index is 0.0274. The van der Waals surface area contributed by atoms with Crippen molar-refractivity contribution in [1.82, 2.24) is 9.80 Å². The van der Waals surface area contributed by atoms with Crippen LogP contribution in [0.2, 0.25) is 0 Å². The summed E-state index contributed by atoms with van der Waals surface area (Å²) in [6.45, 7) is 6.31. The number of nitrogens with zero attached hydrogens (tertiary/aromatic N) is 4. The summed E-state index contributed by atoms with van der Waals surface area (Å²) in [5, 5.41) is 0. The number of urea groups is 1. The van der Waals surface area contributed by atoms with Crippen LogP contribution < -0.4 is 4.90 Å². The van der Waals surface area contributed by atoms with Crippen molar-refractivity contribution >= 4 is 17.6 Å². The van der Waals surface area contributed by atoms with E-state index in [9.17, 15) is 13.6 Å². The van der Waals surface area contributed by atoms with Crippen LogP contribution in [-0.4, -0.2) is 66.1 Å². The van der Waals surface area contributed by atoms with Gasteiger partial charge in [0.25, 0.3) is 0 Å². The first-order valence-corrected chi connectivity index (χ1v) is 10.6. The number of carbonyl (C=O) groups is 1. The molecule has 2 fully saturated rings. The molecule has 3 atom stereocenters. The van der Waals surface area contributed by atoms with E-state index in [2.05, 4.69) is 33.6 Å². The molecule has 2 amide bonds. The lowest BCUT2D eigenvalue weighted by Gasteiger charge is -2.49. The highest BCUT2D eigenvalue weighted by molar-refractivity contribution is 6.16. The Morgan fingerprint density at radius 1 is 1.33 bits per heavy atom. The molecule has 0 aliphatic carbocycles. The van der Waals surface area contributed by atoms with Crippen molar-refractivity contribution in [2.75, 3.05) is 37.8 Å². The van der Waals surface area contributed by atoms with Crippen LogP contribution in [0.5, 0.6) is 0 Å². The number of benzene rings is 1. The second-order valence-corrected chi connectivity index (χ2v) is 8.52. The van der Waals surface area contributed by atoms with Gasteiger partial charge in [-0.3, -0.25) is 14.2 Å². The number of alkyl halides is 1. The van der Waals surface area contributed by atoms with Gasteiger partial charge >= 0.3 is 6.03 Å². The van der Waals surface area contributed by atoms with E-state index in [1.807, 2.05) is 6.92 Å². The number of halogens is 2. The number of carbonyl (C=O) groups excluding carboxylic acids is 1. The molecule has 0 bridgehead atoms. The van der Waals surface area contributed by atoms with Gasteiger partial charge in [0.05, 0.1) is 13.2 Å². The number of rotatable bonds is 3. The maximum Gasteiger partial charge on any atom is 0.350 e. The Bertz CT molecular complexity index is 908. The molecule has 1 aromatic rings. The second kappa shape index (κ2) is 8.35. The van der Waals surface area contributed by atoms with Crippen LogP contribution in [0.3, 0.4) is 0 Å². The molecule has 3 aliphatic rings. The van der Waals surface area contributed by atoms with Crippen LogP contribution in [0, 0.1) is 23.6 Å². The van der Waals surface area contributed by atoms with Gasteiger partial charge in [0.15, 0.2) is 0 Å². The van der Waals surface area contributed by atoms with Crippen molar-refractivity contribution in [3.63, 3.8) is 0 Å². The van der Waals surface area contributed by atoms with Crippen molar-refractivity contribution in [1.29, 1.82) is 0 Å². The van der Waals surface area contributed by atoms with Crippen LogP contribution in [0.25, 0.3) is 0 Å². The first kappa shape index (κ1) is 20.8. The monoisotopic (exact) mass is 414 g/mol. The maximum atomic E-state index is 14.0. The van der Waals surface area contributed by atoms with Crippen LogP contribution in [-0.2, 0) is 0 Å². The van der Waals surface area contributed by atoms with E-state index in [-0.39, 0.29) is 30.5 Å². The molecule has 3 unspecified atom stereocenters.